The largest absolute Gasteiger partial charge is 0.507 e. The van der Waals surface area contributed by atoms with Crippen LogP contribution in [0.3, 0.4) is 0 Å². The fourth-order valence-corrected chi connectivity index (χ4v) is 3.09. The van der Waals surface area contributed by atoms with E-state index in [1.165, 1.54) is 6.07 Å². The van der Waals surface area contributed by atoms with Gasteiger partial charge in [-0.15, -0.1) is 0 Å². The van der Waals surface area contributed by atoms with Crippen molar-refractivity contribution < 1.29 is 19.4 Å². The lowest BCUT2D eigenvalue weighted by Crippen LogP contribution is -2.16. The van der Waals surface area contributed by atoms with Crippen LogP contribution in [0.15, 0.2) is 54.6 Å². The molecule has 27 heavy (non-hydrogen) atoms. The van der Waals surface area contributed by atoms with Crippen LogP contribution in [-0.2, 0) is 17.6 Å². The van der Waals surface area contributed by atoms with Crippen LogP contribution >= 0.6 is 0 Å². The second-order valence-electron chi connectivity index (χ2n) is 6.41. The van der Waals surface area contributed by atoms with Crippen LogP contribution in [-0.4, -0.2) is 23.5 Å². The third-order valence-corrected chi connectivity index (χ3v) is 4.68. The summed E-state index contributed by atoms with van der Waals surface area (Å²) in [6, 6.07) is 16.3. The maximum Gasteiger partial charge on any atom is 0.342 e. The number of Topliss-reactive ketones (excluding diaryl/α,β-unsaturated/α-hetero) is 1. The summed E-state index contributed by atoms with van der Waals surface area (Å²) < 4.78 is 5.20. The Morgan fingerprint density at radius 3 is 2.26 bits per heavy atom. The third-order valence-electron chi connectivity index (χ3n) is 4.68. The Balaban J connectivity index is 1.78. The maximum atomic E-state index is 12.6. The van der Waals surface area contributed by atoms with Gasteiger partial charge in [0.25, 0.3) is 0 Å². The van der Waals surface area contributed by atoms with Gasteiger partial charge in [0.15, 0.2) is 6.61 Å². The van der Waals surface area contributed by atoms with E-state index in [0.717, 1.165) is 34.7 Å². The van der Waals surface area contributed by atoms with E-state index in [-0.39, 0.29) is 23.7 Å². The van der Waals surface area contributed by atoms with Crippen LogP contribution in [0.4, 0.5) is 0 Å². The van der Waals surface area contributed by atoms with E-state index >= 15 is 0 Å². The van der Waals surface area contributed by atoms with Crippen LogP contribution in [0.5, 0.6) is 5.75 Å². The molecule has 0 aromatic heterocycles. The molecular weight excluding hydrogens is 340 g/mol. The topological polar surface area (TPSA) is 63.6 Å². The number of aryl methyl sites for hydroxylation is 2. The zero-order valence-corrected chi connectivity index (χ0v) is 15.5. The molecule has 0 unspecified atom stereocenters. The van der Waals surface area contributed by atoms with Gasteiger partial charge in [0.1, 0.15) is 11.3 Å². The monoisotopic (exact) mass is 362 g/mol. The molecule has 0 saturated carbocycles. The van der Waals surface area contributed by atoms with Gasteiger partial charge < -0.3 is 9.84 Å². The summed E-state index contributed by atoms with van der Waals surface area (Å²) >= 11 is 0. The van der Waals surface area contributed by atoms with Crippen molar-refractivity contribution in [1.29, 1.82) is 0 Å². The highest BCUT2D eigenvalue weighted by Gasteiger charge is 2.18. The SMILES string of the molecule is CCc1ccc(CC)c(C(=O)COC(=O)c2cc3ccccc3cc2O)c1. The highest BCUT2D eigenvalue weighted by Crippen LogP contribution is 2.25. The van der Waals surface area contributed by atoms with Gasteiger partial charge in [0, 0.05) is 5.56 Å². The van der Waals surface area contributed by atoms with Gasteiger partial charge in [0.2, 0.25) is 5.78 Å². The van der Waals surface area contributed by atoms with Crippen molar-refractivity contribution >= 4 is 22.5 Å². The van der Waals surface area contributed by atoms with Gasteiger partial charge in [-0.05, 0) is 52.9 Å². The zero-order valence-electron chi connectivity index (χ0n) is 15.5. The number of fused-ring (bicyclic) bond motifs is 1. The highest BCUT2D eigenvalue weighted by atomic mass is 16.5. The molecule has 3 rings (SSSR count). The second-order valence-corrected chi connectivity index (χ2v) is 6.41. The van der Waals surface area contributed by atoms with E-state index < -0.39 is 5.97 Å². The molecule has 0 atom stereocenters. The van der Waals surface area contributed by atoms with Crippen molar-refractivity contribution in [3.8, 4) is 5.75 Å². The van der Waals surface area contributed by atoms with E-state index in [1.807, 2.05) is 56.3 Å². The summed E-state index contributed by atoms with van der Waals surface area (Å²) in [7, 11) is 0. The number of carbonyl (C=O) groups excluding carboxylic acids is 2. The van der Waals surface area contributed by atoms with E-state index in [0.29, 0.717) is 5.56 Å². The molecule has 0 aliphatic rings. The van der Waals surface area contributed by atoms with Crippen LogP contribution in [0.2, 0.25) is 0 Å². The number of carbonyl (C=O) groups is 2. The Labute approximate surface area is 158 Å². The molecule has 4 heteroatoms. The molecule has 0 spiro atoms. The summed E-state index contributed by atoms with van der Waals surface area (Å²) in [5, 5.41) is 11.8. The highest BCUT2D eigenvalue weighted by molar-refractivity contribution is 6.02. The quantitative estimate of drug-likeness (QED) is 0.509. The number of ketones is 1. The van der Waals surface area contributed by atoms with Crippen LogP contribution in [0, 0.1) is 0 Å². The number of hydrogen-bond acceptors (Lipinski definition) is 4. The molecule has 0 aliphatic heterocycles. The van der Waals surface area contributed by atoms with E-state index in [1.54, 1.807) is 6.07 Å². The first-order valence-corrected chi connectivity index (χ1v) is 9.07. The van der Waals surface area contributed by atoms with Crippen LogP contribution < -0.4 is 0 Å². The Hall–Kier alpha value is -3.14. The molecule has 0 bridgehead atoms. The van der Waals surface area contributed by atoms with E-state index in [2.05, 4.69) is 0 Å². The van der Waals surface area contributed by atoms with Gasteiger partial charge in [-0.2, -0.15) is 0 Å². The molecule has 0 radical (unpaired) electrons. The Kier molecular flexibility index (Phi) is 5.55. The molecule has 138 valence electrons. The first-order valence-electron chi connectivity index (χ1n) is 9.07. The number of phenolic OH excluding ortho intramolecular Hbond substituents is 1. The fourth-order valence-electron chi connectivity index (χ4n) is 3.09. The number of benzene rings is 3. The van der Waals surface area contributed by atoms with Gasteiger partial charge in [-0.1, -0.05) is 50.2 Å². The Morgan fingerprint density at radius 2 is 1.59 bits per heavy atom. The standard InChI is InChI=1S/C23H22O4/c1-3-15-9-10-16(4-2)19(11-15)22(25)14-27-23(26)20-12-17-7-5-6-8-18(17)13-21(20)24/h5-13,24H,3-4,14H2,1-2H3. The van der Waals surface area contributed by atoms with Crippen molar-refractivity contribution in [2.75, 3.05) is 6.61 Å². The number of ether oxygens (including phenoxy) is 1. The van der Waals surface area contributed by atoms with E-state index in [9.17, 15) is 14.7 Å². The average Bonchev–Trinajstić information content (AvgIpc) is 2.70. The average molecular weight is 362 g/mol. The van der Waals surface area contributed by atoms with Crippen LogP contribution in [0.25, 0.3) is 10.8 Å². The lowest BCUT2D eigenvalue weighted by Gasteiger charge is -2.11. The molecule has 0 fully saturated rings. The van der Waals surface area contributed by atoms with Crippen molar-refractivity contribution in [3.05, 3.63) is 76.9 Å². The molecule has 3 aromatic rings. The summed E-state index contributed by atoms with van der Waals surface area (Å²) in [4.78, 5) is 25.0. The number of phenols is 1. The first kappa shape index (κ1) is 18.6. The fraction of sp³-hybridized carbons (Fsp3) is 0.217. The molecule has 4 nitrogen and oxygen atoms in total. The molecule has 0 amide bonds. The number of hydrogen-bond donors (Lipinski definition) is 1. The summed E-state index contributed by atoms with van der Waals surface area (Å²) in [5.74, 6) is -1.11. The minimum atomic E-state index is -0.712. The number of rotatable bonds is 6. The smallest absolute Gasteiger partial charge is 0.342 e. The van der Waals surface area contributed by atoms with Gasteiger partial charge in [-0.3, -0.25) is 4.79 Å². The van der Waals surface area contributed by atoms with Crippen molar-refractivity contribution in [2.24, 2.45) is 0 Å². The first-order chi connectivity index (χ1) is 13.0. The van der Waals surface area contributed by atoms with Gasteiger partial charge in [-0.25, -0.2) is 4.79 Å². The second kappa shape index (κ2) is 8.04. The molecular formula is C23H22O4. The van der Waals surface area contributed by atoms with Crippen molar-refractivity contribution in [2.45, 2.75) is 26.7 Å². The van der Waals surface area contributed by atoms with Crippen LogP contribution in [0.1, 0.15) is 45.7 Å². The molecule has 0 saturated heterocycles. The van der Waals surface area contributed by atoms with E-state index in [4.69, 9.17) is 4.74 Å². The molecule has 3 aromatic carbocycles. The zero-order chi connectivity index (χ0) is 19.4. The van der Waals surface area contributed by atoms with Gasteiger partial charge >= 0.3 is 5.97 Å². The maximum absolute atomic E-state index is 12.6. The lowest BCUT2D eigenvalue weighted by molar-refractivity contribution is 0.0471. The Morgan fingerprint density at radius 1 is 0.889 bits per heavy atom. The summed E-state index contributed by atoms with van der Waals surface area (Å²) in [6.07, 6.45) is 1.56. The Bertz CT molecular complexity index is 1000. The van der Waals surface area contributed by atoms with Crippen molar-refractivity contribution in [1.82, 2.24) is 0 Å². The summed E-state index contributed by atoms with van der Waals surface area (Å²) in [6.45, 7) is 3.65. The minimum Gasteiger partial charge on any atom is -0.507 e. The predicted octanol–water partition coefficient (Wildman–Crippen LogP) is 4.71. The predicted molar refractivity (Wildman–Crippen MR) is 105 cm³/mol. The van der Waals surface area contributed by atoms with Crippen molar-refractivity contribution in [3.63, 3.8) is 0 Å². The molecule has 1 N–H and O–H groups in total. The molecule has 0 heterocycles. The number of aromatic hydroxyl groups is 1. The normalized spacial score (nSPS) is 10.7. The lowest BCUT2D eigenvalue weighted by atomic mass is 9.98. The molecule has 0 aliphatic carbocycles. The number of esters is 1. The van der Waals surface area contributed by atoms with Gasteiger partial charge in [0.05, 0.1) is 0 Å². The third kappa shape index (κ3) is 4.00. The minimum absolute atomic E-state index is 0.0551. The summed E-state index contributed by atoms with van der Waals surface area (Å²) in [5.41, 5.74) is 2.64.